The summed E-state index contributed by atoms with van der Waals surface area (Å²) < 4.78 is 0. The van der Waals surface area contributed by atoms with Crippen LogP contribution in [0.2, 0.25) is 5.28 Å². The minimum Gasteiger partial charge on any atom is -0.368 e. The summed E-state index contributed by atoms with van der Waals surface area (Å²) in [4.78, 5) is 29.7. The van der Waals surface area contributed by atoms with E-state index >= 15 is 0 Å². The fourth-order valence-electron chi connectivity index (χ4n) is 3.25. The van der Waals surface area contributed by atoms with Gasteiger partial charge in [-0.2, -0.15) is 9.97 Å². The quantitative estimate of drug-likeness (QED) is 0.487. The molecular weight excluding hydrogens is 342 g/mol. The van der Waals surface area contributed by atoms with Crippen LogP contribution in [0.5, 0.6) is 0 Å². The van der Waals surface area contributed by atoms with Crippen molar-refractivity contribution in [1.82, 2.24) is 30.2 Å². The van der Waals surface area contributed by atoms with Gasteiger partial charge < -0.3 is 15.6 Å². The van der Waals surface area contributed by atoms with Gasteiger partial charge >= 0.3 is 0 Å². The number of fused-ring (bicyclic) bond motifs is 1. The second kappa shape index (κ2) is 8.44. The van der Waals surface area contributed by atoms with Gasteiger partial charge in [0.1, 0.15) is 5.52 Å². The van der Waals surface area contributed by atoms with Crippen molar-refractivity contribution in [1.29, 1.82) is 0 Å². The first kappa shape index (κ1) is 17.9. The number of carbonyl (C=O) groups excluding carboxylic acids is 1. The van der Waals surface area contributed by atoms with Gasteiger partial charge in [0.25, 0.3) is 0 Å². The molecule has 1 saturated heterocycles. The van der Waals surface area contributed by atoms with Crippen LogP contribution in [-0.2, 0) is 4.79 Å². The third-order valence-electron chi connectivity index (χ3n) is 4.57. The molecule has 1 fully saturated rings. The Kier molecular flexibility index (Phi) is 6.04. The van der Waals surface area contributed by atoms with Crippen LogP contribution in [0.15, 0.2) is 6.33 Å². The smallest absolute Gasteiger partial charge is 0.226 e. The Morgan fingerprint density at radius 2 is 2.36 bits per heavy atom. The molecule has 3 heterocycles. The number of likely N-dealkylation sites (N-methyl/N-ethyl adjacent to an activating group) is 1. The average molecular weight is 366 g/mol. The largest absolute Gasteiger partial charge is 0.368 e. The van der Waals surface area contributed by atoms with Crippen molar-refractivity contribution in [2.75, 3.05) is 31.5 Å². The minimum atomic E-state index is 0.0946. The fraction of sp³-hybridized carbons (Fsp3) is 0.625. The maximum absolute atomic E-state index is 12.0. The molecule has 0 bridgehead atoms. The Hall–Kier alpha value is -1.93. The van der Waals surface area contributed by atoms with Gasteiger partial charge in [-0.05, 0) is 44.0 Å². The number of aromatic amines is 1. The van der Waals surface area contributed by atoms with E-state index in [1.807, 2.05) is 0 Å². The molecule has 2 aromatic rings. The molecule has 1 amide bonds. The van der Waals surface area contributed by atoms with Gasteiger partial charge in [0.05, 0.1) is 6.33 Å². The third kappa shape index (κ3) is 4.58. The van der Waals surface area contributed by atoms with Crippen molar-refractivity contribution < 1.29 is 4.79 Å². The van der Waals surface area contributed by atoms with Crippen molar-refractivity contribution in [3.05, 3.63) is 11.6 Å². The zero-order valence-corrected chi connectivity index (χ0v) is 15.1. The summed E-state index contributed by atoms with van der Waals surface area (Å²) >= 11 is 5.89. The molecule has 3 rings (SSSR count). The Morgan fingerprint density at radius 3 is 3.20 bits per heavy atom. The normalized spacial score (nSPS) is 17.9. The molecular formula is C16H24ClN7O. The molecule has 0 spiro atoms. The molecule has 9 heteroatoms. The lowest BCUT2D eigenvalue weighted by atomic mass is 10.2. The summed E-state index contributed by atoms with van der Waals surface area (Å²) in [7, 11) is 0. The zero-order valence-electron chi connectivity index (χ0n) is 14.4. The molecule has 0 radical (unpaired) electrons. The number of imidazole rings is 1. The van der Waals surface area contributed by atoms with Gasteiger partial charge in [0.15, 0.2) is 11.5 Å². The molecule has 0 aliphatic carbocycles. The highest BCUT2D eigenvalue weighted by Crippen LogP contribution is 2.18. The lowest BCUT2D eigenvalue weighted by molar-refractivity contribution is -0.121. The summed E-state index contributed by atoms with van der Waals surface area (Å²) in [6.45, 7) is 5.73. The first-order valence-corrected chi connectivity index (χ1v) is 9.16. The Balaban J connectivity index is 1.39. The van der Waals surface area contributed by atoms with Crippen LogP contribution in [-0.4, -0.2) is 63.0 Å². The Bertz CT molecular complexity index is 720. The maximum Gasteiger partial charge on any atom is 0.226 e. The number of nitrogens with one attached hydrogen (secondary N) is 3. The average Bonchev–Trinajstić information content (AvgIpc) is 3.25. The van der Waals surface area contributed by atoms with Gasteiger partial charge in [-0.15, -0.1) is 0 Å². The van der Waals surface area contributed by atoms with Crippen LogP contribution < -0.4 is 10.6 Å². The van der Waals surface area contributed by atoms with E-state index in [2.05, 4.69) is 42.4 Å². The predicted molar refractivity (Wildman–Crippen MR) is 97.7 cm³/mol. The van der Waals surface area contributed by atoms with Crippen LogP contribution in [0.4, 0.5) is 5.82 Å². The SMILES string of the molecule is CCN1CCCC1CNC(=O)CCCNc1nc(Cl)nc2nc[nH]c12. The standard InChI is InChI=1S/C16H24ClN7O/c1-2-24-8-4-5-11(24)9-19-12(25)6-3-7-18-14-13-15(21-10-20-13)23-16(17)22-14/h10-11H,2-9H2,1H3,(H,19,25)(H2,18,20,21,22,23). The number of likely N-dealkylation sites (tertiary alicyclic amines) is 1. The number of carbonyl (C=O) groups is 1. The molecule has 1 aliphatic rings. The summed E-state index contributed by atoms with van der Waals surface area (Å²) in [5.74, 6) is 0.703. The molecule has 1 atom stereocenters. The highest BCUT2D eigenvalue weighted by molar-refractivity contribution is 6.28. The van der Waals surface area contributed by atoms with Gasteiger partial charge in [0.2, 0.25) is 11.2 Å². The van der Waals surface area contributed by atoms with Crippen molar-refractivity contribution in [2.24, 2.45) is 0 Å². The van der Waals surface area contributed by atoms with Crippen molar-refractivity contribution >= 4 is 34.5 Å². The number of H-pyrrole nitrogens is 1. The van der Waals surface area contributed by atoms with Gasteiger partial charge in [0, 0.05) is 25.6 Å². The molecule has 0 aromatic carbocycles. The van der Waals surface area contributed by atoms with E-state index in [0.717, 1.165) is 25.2 Å². The second-order valence-corrected chi connectivity index (χ2v) is 6.54. The molecule has 0 saturated carbocycles. The second-order valence-electron chi connectivity index (χ2n) is 6.20. The number of aromatic nitrogens is 4. The highest BCUT2D eigenvalue weighted by Gasteiger charge is 2.22. The van der Waals surface area contributed by atoms with Crippen molar-refractivity contribution in [3.63, 3.8) is 0 Å². The lowest BCUT2D eigenvalue weighted by Gasteiger charge is -2.22. The monoisotopic (exact) mass is 365 g/mol. The van der Waals surface area contributed by atoms with E-state index in [0.29, 0.717) is 36.9 Å². The minimum absolute atomic E-state index is 0.0946. The van der Waals surface area contributed by atoms with Gasteiger partial charge in [-0.25, -0.2) is 4.98 Å². The number of amides is 1. The summed E-state index contributed by atoms with van der Waals surface area (Å²) in [5, 5.41) is 6.39. The van der Waals surface area contributed by atoms with E-state index in [1.54, 1.807) is 6.33 Å². The van der Waals surface area contributed by atoms with Crippen LogP contribution in [0, 0.1) is 0 Å². The molecule has 3 N–H and O–H groups in total. The first-order valence-electron chi connectivity index (χ1n) is 8.78. The van der Waals surface area contributed by atoms with Gasteiger partial charge in [-0.3, -0.25) is 9.69 Å². The lowest BCUT2D eigenvalue weighted by Crippen LogP contribution is -2.40. The maximum atomic E-state index is 12.0. The van der Waals surface area contributed by atoms with Crippen molar-refractivity contribution in [2.45, 2.75) is 38.6 Å². The predicted octanol–water partition coefficient (Wildman–Crippen LogP) is 1.80. The summed E-state index contributed by atoms with van der Waals surface area (Å²) in [6.07, 6.45) is 5.14. The number of hydrogen-bond donors (Lipinski definition) is 3. The van der Waals surface area contributed by atoms with Crippen LogP contribution in [0.3, 0.4) is 0 Å². The number of anilines is 1. The topological polar surface area (TPSA) is 98.8 Å². The number of rotatable bonds is 8. The van der Waals surface area contributed by atoms with Crippen molar-refractivity contribution in [3.8, 4) is 0 Å². The zero-order chi connectivity index (χ0) is 17.6. The molecule has 1 aliphatic heterocycles. The van der Waals surface area contributed by atoms with Crippen LogP contribution in [0.25, 0.3) is 11.2 Å². The number of hydrogen-bond acceptors (Lipinski definition) is 6. The third-order valence-corrected chi connectivity index (χ3v) is 4.74. The van der Waals surface area contributed by atoms with E-state index in [9.17, 15) is 4.79 Å². The first-order chi connectivity index (χ1) is 12.2. The van der Waals surface area contributed by atoms with E-state index in [4.69, 9.17) is 11.6 Å². The Labute approximate surface area is 151 Å². The summed E-state index contributed by atoms with van der Waals surface area (Å²) in [6, 6.07) is 0.490. The number of nitrogens with zero attached hydrogens (tertiary/aromatic N) is 4. The van der Waals surface area contributed by atoms with Gasteiger partial charge in [-0.1, -0.05) is 6.92 Å². The van der Waals surface area contributed by atoms with E-state index < -0.39 is 0 Å². The fourth-order valence-corrected chi connectivity index (χ4v) is 3.42. The highest BCUT2D eigenvalue weighted by atomic mass is 35.5. The summed E-state index contributed by atoms with van der Waals surface area (Å²) in [5.41, 5.74) is 1.24. The molecule has 8 nitrogen and oxygen atoms in total. The van der Waals surface area contributed by atoms with E-state index in [-0.39, 0.29) is 11.2 Å². The van der Waals surface area contributed by atoms with Crippen LogP contribution in [0.1, 0.15) is 32.6 Å². The molecule has 136 valence electrons. The molecule has 25 heavy (non-hydrogen) atoms. The number of halogens is 1. The van der Waals surface area contributed by atoms with E-state index in [1.165, 1.54) is 12.8 Å². The van der Waals surface area contributed by atoms with Crippen LogP contribution >= 0.6 is 11.6 Å². The Morgan fingerprint density at radius 1 is 1.48 bits per heavy atom. The molecule has 2 aromatic heterocycles. The molecule has 1 unspecified atom stereocenters.